The van der Waals surface area contributed by atoms with Crippen molar-refractivity contribution in [3.63, 3.8) is 0 Å². The van der Waals surface area contributed by atoms with Crippen LogP contribution in [0.2, 0.25) is 0 Å². The van der Waals surface area contributed by atoms with Crippen LogP contribution < -0.4 is 10.1 Å². The number of carbonyl (C=O) groups is 2. The Morgan fingerprint density at radius 3 is 2.57 bits per heavy atom. The van der Waals surface area contributed by atoms with Crippen molar-refractivity contribution in [3.8, 4) is 5.75 Å². The molecule has 1 heterocycles. The van der Waals surface area contributed by atoms with E-state index in [0.29, 0.717) is 17.9 Å². The van der Waals surface area contributed by atoms with Crippen LogP contribution in [0.5, 0.6) is 5.75 Å². The number of carbonyl (C=O) groups excluding carboxylic acids is 2. The number of methoxy groups -OCH3 is 1. The highest BCUT2D eigenvalue weighted by molar-refractivity contribution is 6.07. The van der Waals surface area contributed by atoms with E-state index in [-0.39, 0.29) is 18.6 Å². The summed E-state index contributed by atoms with van der Waals surface area (Å²) in [4.78, 5) is 28.9. The van der Waals surface area contributed by atoms with Crippen LogP contribution in [0.15, 0.2) is 42.5 Å². The number of imide groups is 1. The third-order valence-corrected chi connectivity index (χ3v) is 5.24. The fraction of sp³-hybridized carbons (Fsp3) is 0.364. The van der Waals surface area contributed by atoms with Gasteiger partial charge in [-0.1, -0.05) is 35.9 Å². The molecule has 1 atom stereocenters. The summed E-state index contributed by atoms with van der Waals surface area (Å²) >= 11 is 0. The third-order valence-electron chi connectivity index (χ3n) is 5.24. The quantitative estimate of drug-likeness (QED) is 0.781. The molecule has 0 spiro atoms. The number of hydrogen-bond acceptors (Lipinski definition) is 4. The number of hydrogen-bond donors (Lipinski definition) is 1. The van der Waals surface area contributed by atoms with Gasteiger partial charge in [-0.15, -0.1) is 0 Å². The van der Waals surface area contributed by atoms with Crippen LogP contribution in [-0.4, -0.2) is 42.6 Å². The largest absolute Gasteiger partial charge is 0.497 e. The topological polar surface area (TPSA) is 61.9 Å². The van der Waals surface area contributed by atoms with Crippen molar-refractivity contribution in [2.75, 3.05) is 20.8 Å². The molecule has 0 unspecified atom stereocenters. The summed E-state index contributed by atoms with van der Waals surface area (Å²) in [7, 11) is 3.48. The van der Waals surface area contributed by atoms with E-state index in [9.17, 15) is 9.59 Å². The fourth-order valence-corrected chi connectivity index (χ4v) is 3.56. The van der Waals surface area contributed by atoms with Gasteiger partial charge in [0.15, 0.2) is 0 Å². The van der Waals surface area contributed by atoms with Gasteiger partial charge < -0.3 is 10.1 Å². The van der Waals surface area contributed by atoms with Crippen molar-refractivity contribution in [2.45, 2.75) is 32.9 Å². The SMILES string of the molecule is COc1cccc([C@@]2(C)NC(=O)N(CN(C)Cc3ccc(C)cc3C)C2=O)c1. The van der Waals surface area contributed by atoms with Crippen LogP contribution in [0, 0.1) is 13.8 Å². The second kappa shape index (κ2) is 7.64. The van der Waals surface area contributed by atoms with Crippen molar-refractivity contribution in [2.24, 2.45) is 0 Å². The highest BCUT2D eigenvalue weighted by Gasteiger charge is 2.49. The van der Waals surface area contributed by atoms with Crippen LogP contribution >= 0.6 is 0 Å². The number of rotatable bonds is 6. The summed E-state index contributed by atoms with van der Waals surface area (Å²) in [6.45, 7) is 6.74. The summed E-state index contributed by atoms with van der Waals surface area (Å²) in [5, 5.41) is 2.84. The molecular weight excluding hydrogens is 354 g/mol. The van der Waals surface area contributed by atoms with Gasteiger partial charge >= 0.3 is 6.03 Å². The van der Waals surface area contributed by atoms with Gasteiger partial charge in [0.1, 0.15) is 11.3 Å². The predicted molar refractivity (Wildman–Crippen MR) is 108 cm³/mol. The van der Waals surface area contributed by atoms with E-state index >= 15 is 0 Å². The van der Waals surface area contributed by atoms with E-state index in [1.165, 1.54) is 21.6 Å². The molecule has 148 valence electrons. The zero-order valence-electron chi connectivity index (χ0n) is 17.1. The standard InChI is InChI=1S/C22H27N3O3/c1-15-9-10-17(16(2)11-15)13-24(4)14-25-20(26)22(3,23-21(25)27)18-7-6-8-19(12-18)28-5/h6-12H,13-14H2,1-5H3,(H,23,27)/t22-/m1/s1. The first-order valence-electron chi connectivity index (χ1n) is 9.28. The first kappa shape index (κ1) is 19.9. The Balaban J connectivity index is 1.76. The summed E-state index contributed by atoms with van der Waals surface area (Å²) < 4.78 is 5.25. The number of ether oxygens (including phenoxy) is 1. The van der Waals surface area contributed by atoms with E-state index < -0.39 is 5.54 Å². The summed E-state index contributed by atoms with van der Waals surface area (Å²) in [6.07, 6.45) is 0. The maximum atomic E-state index is 13.1. The van der Waals surface area contributed by atoms with Gasteiger partial charge in [0, 0.05) is 6.54 Å². The van der Waals surface area contributed by atoms with Crippen LogP contribution in [0.1, 0.15) is 29.2 Å². The Morgan fingerprint density at radius 1 is 1.14 bits per heavy atom. The molecule has 6 heteroatoms. The van der Waals surface area contributed by atoms with Crippen LogP contribution in [0.4, 0.5) is 4.79 Å². The third kappa shape index (κ3) is 3.73. The molecule has 1 aliphatic heterocycles. The van der Waals surface area contributed by atoms with Crippen molar-refractivity contribution < 1.29 is 14.3 Å². The Kier molecular flexibility index (Phi) is 5.42. The van der Waals surface area contributed by atoms with E-state index in [2.05, 4.69) is 37.4 Å². The predicted octanol–water partition coefficient (Wildman–Crippen LogP) is 3.17. The van der Waals surface area contributed by atoms with Gasteiger partial charge in [0.2, 0.25) is 0 Å². The molecule has 0 aromatic heterocycles. The number of benzene rings is 2. The van der Waals surface area contributed by atoms with Gasteiger partial charge in [-0.05, 0) is 56.6 Å². The van der Waals surface area contributed by atoms with E-state index in [1.807, 2.05) is 30.1 Å². The van der Waals surface area contributed by atoms with Gasteiger partial charge in [0.25, 0.3) is 5.91 Å². The molecule has 0 aliphatic carbocycles. The molecule has 0 saturated carbocycles. The van der Waals surface area contributed by atoms with Crippen LogP contribution in [0.3, 0.4) is 0 Å². The lowest BCUT2D eigenvalue weighted by Crippen LogP contribution is -2.42. The average molecular weight is 381 g/mol. The second-order valence-corrected chi connectivity index (χ2v) is 7.61. The van der Waals surface area contributed by atoms with Gasteiger partial charge in [-0.25, -0.2) is 9.69 Å². The molecule has 0 bridgehead atoms. The second-order valence-electron chi connectivity index (χ2n) is 7.61. The monoisotopic (exact) mass is 381 g/mol. The molecule has 2 aromatic carbocycles. The number of nitrogens with one attached hydrogen (secondary N) is 1. The van der Waals surface area contributed by atoms with E-state index in [0.717, 1.165) is 0 Å². The minimum atomic E-state index is -1.10. The highest BCUT2D eigenvalue weighted by Crippen LogP contribution is 2.31. The van der Waals surface area contributed by atoms with Crippen LogP contribution in [0.25, 0.3) is 0 Å². The van der Waals surface area contributed by atoms with Gasteiger partial charge in [-0.2, -0.15) is 0 Å². The molecule has 1 aliphatic rings. The van der Waals surface area contributed by atoms with Gasteiger partial charge in [-0.3, -0.25) is 9.69 Å². The molecule has 3 rings (SSSR count). The highest BCUT2D eigenvalue weighted by atomic mass is 16.5. The van der Waals surface area contributed by atoms with Crippen molar-refractivity contribution >= 4 is 11.9 Å². The van der Waals surface area contributed by atoms with E-state index in [4.69, 9.17) is 4.74 Å². The lowest BCUT2D eigenvalue weighted by molar-refractivity contribution is -0.132. The van der Waals surface area contributed by atoms with Crippen molar-refractivity contribution in [1.82, 2.24) is 15.1 Å². The molecule has 3 amide bonds. The number of nitrogens with zero attached hydrogens (tertiary/aromatic N) is 2. The maximum absolute atomic E-state index is 13.1. The lowest BCUT2D eigenvalue weighted by Gasteiger charge is -2.25. The molecule has 6 nitrogen and oxygen atoms in total. The molecule has 2 aromatic rings. The summed E-state index contributed by atoms with van der Waals surface area (Å²) in [5.74, 6) is 0.379. The Labute approximate surface area is 166 Å². The Hall–Kier alpha value is -2.86. The number of aryl methyl sites for hydroxylation is 2. The summed E-state index contributed by atoms with van der Waals surface area (Å²) in [5.41, 5.74) is 3.18. The first-order valence-corrected chi connectivity index (χ1v) is 9.28. The minimum Gasteiger partial charge on any atom is -0.497 e. The maximum Gasteiger partial charge on any atom is 0.326 e. The molecule has 1 saturated heterocycles. The lowest BCUT2D eigenvalue weighted by atomic mass is 9.92. The summed E-state index contributed by atoms with van der Waals surface area (Å²) in [6, 6.07) is 13.1. The fourth-order valence-electron chi connectivity index (χ4n) is 3.56. The zero-order chi connectivity index (χ0) is 20.5. The first-order chi connectivity index (χ1) is 13.2. The normalized spacial score (nSPS) is 19.3. The molecular formula is C22H27N3O3. The minimum absolute atomic E-state index is 0.220. The Bertz CT molecular complexity index is 912. The van der Waals surface area contributed by atoms with E-state index in [1.54, 1.807) is 20.1 Å². The van der Waals surface area contributed by atoms with Crippen LogP contribution in [-0.2, 0) is 16.9 Å². The zero-order valence-corrected chi connectivity index (χ0v) is 17.1. The smallest absolute Gasteiger partial charge is 0.326 e. The Morgan fingerprint density at radius 2 is 1.89 bits per heavy atom. The average Bonchev–Trinajstić information content (AvgIpc) is 2.88. The van der Waals surface area contributed by atoms with Gasteiger partial charge in [0.05, 0.1) is 13.8 Å². The number of amides is 3. The van der Waals surface area contributed by atoms with Crippen molar-refractivity contribution in [3.05, 3.63) is 64.7 Å². The number of urea groups is 1. The van der Waals surface area contributed by atoms with Crippen molar-refractivity contribution in [1.29, 1.82) is 0 Å². The molecule has 1 N–H and O–H groups in total. The molecule has 28 heavy (non-hydrogen) atoms. The molecule has 1 fully saturated rings. The molecule has 0 radical (unpaired) electrons.